The monoisotopic (exact) mass is 412 g/mol. The fourth-order valence-corrected chi connectivity index (χ4v) is 3.36. The van der Waals surface area contributed by atoms with Crippen molar-refractivity contribution in [2.45, 2.75) is 60.4 Å². The minimum atomic E-state index is 0.349. The van der Waals surface area contributed by atoms with Crippen molar-refractivity contribution in [3.63, 3.8) is 0 Å². The number of rotatable bonds is 9. The lowest BCUT2D eigenvalue weighted by Crippen LogP contribution is -2.22. The van der Waals surface area contributed by atoms with Crippen molar-refractivity contribution in [2.75, 3.05) is 32.8 Å². The van der Waals surface area contributed by atoms with E-state index >= 15 is 0 Å². The van der Waals surface area contributed by atoms with E-state index in [1.54, 1.807) is 14.2 Å². The summed E-state index contributed by atoms with van der Waals surface area (Å²) in [6.07, 6.45) is 2.07. The van der Waals surface area contributed by atoms with Crippen LogP contribution in [0.3, 0.4) is 0 Å². The Hall–Kier alpha value is -2.17. The lowest BCUT2D eigenvalue weighted by Gasteiger charge is -2.19. The highest BCUT2D eigenvalue weighted by Gasteiger charge is 2.07. The molecule has 0 spiro atoms. The molecule has 0 radical (unpaired) electrons. The third kappa shape index (κ3) is 8.29. The molecular formula is C26H40N2O2. The molecule has 2 rings (SSSR count). The highest BCUT2D eigenvalue weighted by atomic mass is 16.5. The van der Waals surface area contributed by atoms with Crippen molar-refractivity contribution in [1.29, 1.82) is 0 Å². The first kappa shape index (κ1) is 25.9. The van der Waals surface area contributed by atoms with Crippen LogP contribution in [0.25, 0.3) is 0 Å². The average molecular weight is 413 g/mol. The molecule has 1 N–H and O–H groups in total. The predicted octanol–water partition coefficient (Wildman–Crippen LogP) is 6.30. The van der Waals surface area contributed by atoms with Crippen molar-refractivity contribution in [1.82, 2.24) is 0 Å². The van der Waals surface area contributed by atoms with E-state index in [0.29, 0.717) is 12.6 Å². The molecule has 166 valence electrons. The largest absolute Gasteiger partial charge is 0.383 e. The maximum Gasteiger partial charge on any atom is 0.0842 e. The number of aliphatic imine (C=N–C) groups is 1. The molecule has 0 aromatic heterocycles. The molecule has 2 aromatic rings. The van der Waals surface area contributed by atoms with Crippen LogP contribution in [0, 0.1) is 13.8 Å². The van der Waals surface area contributed by atoms with Gasteiger partial charge < -0.3 is 14.8 Å². The van der Waals surface area contributed by atoms with Gasteiger partial charge in [0.1, 0.15) is 0 Å². The Morgan fingerprint density at radius 1 is 0.933 bits per heavy atom. The van der Waals surface area contributed by atoms with Gasteiger partial charge in [-0.25, -0.2) is 0 Å². The minimum Gasteiger partial charge on any atom is -0.383 e. The number of hydrogen-bond acceptors (Lipinski definition) is 4. The average Bonchev–Trinajstić information content (AvgIpc) is 2.72. The summed E-state index contributed by atoms with van der Waals surface area (Å²) in [4.78, 5) is 4.61. The molecule has 0 aliphatic heterocycles. The van der Waals surface area contributed by atoms with E-state index in [2.05, 4.69) is 81.3 Å². The van der Waals surface area contributed by atoms with Gasteiger partial charge in [0.05, 0.1) is 18.9 Å². The summed E-state index contributed by atoms with van der Waals surface area (Å²) in [7, 11) is 3.42. The summed E-state index contributed by atoms with van der Waals surface area (Å²) in [5.74, 6) is 0. The molecule has 0 amide bonds. The standard InChI is InChI=1S/C13H21NO.C13H19NO/c2*1-5-12-8-6-7-10(2)13(12)14-11(3)9-15-4/h6-8,11,14H,5,9H2,1-4H3;6-8H,5,9H2,1-4H3. The second kappa shape index (κ2) is 13.9. The number of anilines is 1. The predicted molar refractivity (Wildman–Crippen MR) is 131 cm³/mol. The van der Waals surface area contributed by atoms with Crippen LogP contribution in [0.4, 0.5) is 11.4 Å². The molecule has 4 heteroatoms. The molecule has 0 saturated heterocycles. The van der Waals surface area contributed by atoms with Crippen molar-refractivity contribution in [2.24, 2.45) is 4.99 Å². The van der Waals surface area contributed by atoms with Crippen molar-refractivity contribution >= 4 is 17.1 Å². The van der Waals surface area contributed by atoms with E-state index in [1.807, 2.05) is 6.92 Å². The van der Waals surface area contributed by atoms with Gasteiger partial charge in [-0.1, -0.05) is 50.2 Å². The van der Waals surface area contributed by atoms with Crippen LogP contribution in [-0.2, 0) is 22.3 Å². The fraction of sp³-hybridized carbons (Fsp3) is 0.500. The van der Waals surface area contributed by atoms with E-state index in [1.165, 1.54) is 27.9 Å². The van der Waals surface area contributed by atoms with E-state index in [0.717, 1.165) is 30.8 Å². The van der Waals surface area contributed by atoms with Crippen LogP contribution >= 0.6 is 0 Å². The molecule has 0 aliphatic carbocycles. The lowest BCUT2D eigenvalue weighted by atomic mass is 10.1. The van der Waals surface area contributed by atoms with E-state index in [9.17, 15) is 0 Å². The Morgan fingerprint density at radius 3 is 2.10 bits per heavy atom. The summed E-state index contributed by atoms with van der Waals surface area (Å²) < 4.78 is 10.2. The first-order valence-corrected chi connectivity index (χ1v) is 10.8. The number of benzene rings is 2. The highest BCUT2D eigenvalue weighted by Crippen LogP contribution is 2.24. The zero-order valence-corrected chi connectivity index (χ0v) is 20.1. The summed E-state index contributed by atoms with van der Waals surface area (Å²) in [6, 6.07) is 13.1. The van der Waals surface area contributed by atoms with Crippen LogP contribution in [0.2, 0.25) is 0 Å². The molecule has 2 aromatic carbocycles. The molecule has 0 aliphatic rings. The maximum absolute atomic E-state index is 5.13. The molecule has 4 nitrogen and oxygen atoms in total. The number of para-hydroxylation sites is 2. The third-order valence-corrected chi connectivity index (χ3v) is 4.91. The van der Waals surface area contributed by atoms with Gasteiger partial charge in [0, 0.05) is 31.7 Å². The summed E-state index contributed by atoms with van der Waals surface area (Å²) in [5.41, 5.74) is 8.59. The normalized spacial score (nSPS) is 12.2. The number of hydrogen-bond donors (Lipinski definition) is 1. The highest BCUT2D eigenvalue weighted by molar-refractivity contribution is 5.86. The molecule has 0 bridgehead atoms. The Labute approximate surface area is 183 Å². The van der Waals surface area contributed by atoms with Crippen LogP contribution in [0.5, 0.6) is 0 Å². The van der Waals surface area contributed by atoms with Gasteiger partial charge in [-0.05, 0) is 62.8 Å². The lowest BCUT2D eigenvalue weighted by molar-refractivity contribution is 0.190. The number of aryl methyl sites for hydroxylation is 4. The summed E-state index contributed by atoms with van der Waals surface area (Å²) in [5, 5.41) is 3.51. The third-order valence-electron chi connectivity index (χ3n) is 4.91. The van der Waals surface area contributed by atoms with E-state index < -0.39 is 0 Å². The summed E-state index contributed by atoms with van der Waals surface area (Å²) >= 11 is 0. The van der Waals surface area contributed by atoms with Crippen LogP contribution in [0.1, 0.15) is 49.9 Å². The quantitative estimate of drug-likeness (QED) is 0.491. The molecule has 1 unspecified atom stereocenters. The molecule has 30 heavy (non-hydrogen) atoms. The van der Waals surface area contributed by atoms with Crippen molar-refractivity contribution < 1.29 is 9.47 Å². The number of nitrogens with one attached hydrogen (secondary N) is 1. The molecule has 0 heterocycles. The van der Waals surface area contributed by atoms with Gasteiger partial charge in [0.25, 0.3) is 0 Å². The Morgan fingerprint density at radius 2 is 1.53 bits per heavy atom. The maximum atomic E-state index is 5.13. The van der Waals surface area contributed by atoms with Gasteiger partial charge in [0.2, 0.25) is 0 Å². The Bertz CT molecular complexity index is 800. The first-order valence-electron chi connectivity index (χ1n) is 10.8. The number of nitrogens with zero attached hydrogens (tertiary/aromatic N) is 1. The molecule has 0 saturated carbocycles. The second-order valence-electron chi connectivity index (χ2n) is 7.68. The second-order valence-corrected chi connectivity index (χ2v) is 7.68. The van der Waals surface area contributed by atoms with Crippen LogP contribution in [-0.4, -0.2) is 39.2 Å². The Kier molecular flexibility index (Phi) is 12.0. The topological polar surface area (TPSA) is 42.8 Å². The van der Waals surface area contributed by atoms with Gasteiger partial charge in [-0.15, -0.1) is 0 Å². The van der Waals surface area contributed by atoms with Gasteiger partial charge in [-0.3, -0.25) is 4.99 Å². The molecule has 0 fully saturated rings. The van der Waals surface area contributed by atoms with Gasteiger partial charge in [-0.2, -0.15) is 0 Å². The Balaban J connectivity index is 0.000000300. The van der Waals surface area contributed by atoms with Gasteiger partial charge in [0.15, 0.2) is 0 Å². The fourth-order valence-electron chi connectivity index (χ4n) is 3.36. The first-order chi connectivity index (χ1) is 14.4. The number of methoxy groups -OCH3 is 2. The van der Waals surface area contributed by atoms with Crippen molar-refractivity contribution in [3.05, 3.63) is 58.7 Å². The number of ether oxygens (including phenoxy) is 2. The SMILES string of the molecule is CCc1cccc(C)c1N=C(C)COC.CCc1cccc(C)c1NC(C)COC. The van der Waals surface area contributed by atoms with E-state index in [4.69, 9.17) is 9.47 Å². The molecule has 1 atom stereocenters. The van der Waals surface area contributed by atoms with Crippen molar-refractivity contribution in [3.8, 4) is 0 Å². The van der Waals surface area contributed by atoms with Crippen LogP contribution in [0.15, 0.2) is 41.4 Å². The summed E-state index contributed by atoms with van der Waals surface area (Å²) in [6.45, 7) is 14.0. The van der Waals surface area contributed by atoms with E-state index in [-0.39, 0.29) is 0 Å². The van der Waals surface area contributed by atoms with Gasteiger partial charge >= 0.3 is 0 Å². The minimum absolute atomic E-state index is 0.349. The smallest absolute Gasteiger partial charge is 0.0842 e. The van der Waals surface area contributed by atoms with Crippen LogP contribution < -0.4 is 5.32 Å². The zero-order chi connectivity index (χ0) is 22.5. The molecular weight excluding hydrogens is 372 g/mol. The zero-order valence-electron chi connectivity index (χ0n) is 20.1.